The average molecular weight is 532 g/mol. The first-order chi connectivity index (χ1) is 17.6. The number of benzene rings is 2. The number of nitrogens with zero attached hydrogens (tertiary/aromatic N) is 6. The first-order valence-electron chi connectivity index (χ1n) is 11.3. The molecule has 0 saturated carbocycles. The third kappa shape index (κ3) is 4.33. The molecule has 0 aliphatic heterocycles. The minimum absolute atomic E-state index is 0.0103. The quantitative estimate of drug-likeness (QED) is 0.303. The molecule has 2 aromatic carbocycles. The van der Waals surface area contributed by atoms with Crippen LogP contribution in [0.25, 0.3) is 16.7 Å². The zero-order valence-electron chi connectivity index (χ0n) is 20.5. The molecule has 0 unspecified atom stereocenters. The number of hydrogen-bond donors (Lipinski definition) is 1. The van der Waals surface area contributed by atoms with E-state index in [2.05, 4.69) is 53.2 Å². The number of halogens is 1. The van der Waals surface area contributed by atoms with Crippen molar-refractivity contribution in [3.63, 3.8) is 0 Å². The number of imidazole rings is 1. The Morgan fingerprint density at radius 3 is 2.32 bits per heavy atom. The highest BCUT2D eigenvalue weighted by Crippen LogP contribution is 2.32. The van der Waals surface area contributed by atoms with Crippen molar-refractivity contribution in [3.05, 3.63) is 88.2 Å². The maximum atomic E-state index is 13.4. The van der Waals surface area contributed by atoms with Gasteiger partial charge in [0.25, 0.3) is 10.0 Å². The summed E-state index contributed by atoms with van der Waals surface area (Å²) in [6.45, 7) is 8.06. The Morgan fingerprint density at radius 2 is 1.68 bits per heavy atom. The van der Waals surface area contributed by atoms with E-state index in [0.29, 0.717) is 5.82 Å². The molecule has 0 bridgehead atoms. The molecule has 0 radical (unpaired) electrons. The summed E-state index contributed by atoms with van der Waals surface area (Å²) < 4.78 is 29.7. The first-order valence-corrected chi connectivity index (χ1v) is 13.1. The summed E-state index contributed by atoms with van der Waals surface area (Å²) in [6.07, 6.45) is 4.66. The second-order valence-corrected chi connectivity index (χ2v) is 11.0. The summed E-state index contributed by atoms with van der Waals surface area (Å²) in [5.74, 6) is 0.607. The van der Waals surface area contributed by atoms with Crippen LogP contribution in [0.15, 0.2) is 60.0 Å². The number of nitriles is 1. The smallest absolute Gasteiger partial charge is 0.269 e. The number of rotatable bonds is 5. The summed E-state index contributed by atoms with van der Waals surface area (Å²) >= 11 is 6.20. The van der Waals surface area contributed by atoms with Gasteiger partial charge in [-0.2, -0.15) is 15.2 Å². The topological polar surface area (TPSA) is 118 Å². The number of fused-ring (bicyclic) bond motifs is 1. The Kier molecular flexibility index (Phi) is 5.98. The summed E-state index contributed by atoms with van der Waals surface area (Å²) in [6, 6.07) is 12.6. The highest BCUT2D eigenvalue weighted by Gasteiger charge is 2.25. The van der Waals surface area contributed by atoms with Crippen LogP contribution in [-0.2, 0) is 10.0 Å². The van der Waals surface area contributed by atoms with Gasteiger partial charge < -0.3 is 9.88 Å². The second-order valence-electron chi connectivity index (χ2n) is 8.80. The fourth-order valence-corrected chi connectivity index (χ4v) is 5.54. The highest BCUT2D eigenvalue weighted by atomic mass is 35.5. The molecule has 1 N–H and O–H groups in total. The Morgan fingerprint density at radius 1 is 1.00 bits per heavy atom. The number of aryl methyl sites for hydroxylation is 3. The lowest BCUT2D eigenvalue weighted by molar-refractivity contribution is 0.588. The van der Waals surface area contributed by atoms with Crippen LogP contribution >= 0.6 is 11.6 Å². The summed E-state index contributed by atoms with van der Waals surface area (Å²) in [5.41, 5.74) is 5.49. The SMILES string of the molecule is Cc1ccc(S(=O)(=O)n2cc(C#N)c3c(Nc4cn(-c5cc(C)c(C)c(C)c5)cn4)nc(Cl)nc32)cc1. The molecule has 9 nitrogen and oxygen atoms in total. The van der Waals surface area contributed by atoms with Crippen molar-refractivity contribution in [3.8, 4) is 11.8 Å². The van der Waals surface area contributed by atoms with Crippen molar-refractivity contribution in [1.82, 2.24) is 23.5 Å². The molecule has 0 amide bonds. The van der Waals surface area contributed by atoms with Gasteiger partial charge in [-0.15, -0.1) is 0 Å². The van der Waals surface area contributed by atoms with Crippen molar-refractivity contribution in [2.75, 3.05) is 5.32 Å². The van der Waals surface area contributed by atoms with E-state index in [1.807, 2.05) is 17.6 Å². The van der Waals surface area contributed by atoms with Crippen molar-refractivity contribution in [2.45, 2.75) is 32.6 Å². The summed E-state index contributed by atoms with van der Waals surface area (Å²) in [5, 5.41) is 12.9. The van der Waals surface area contributed by atoms with Crippen molar-refractivity contribution in [1.29, 1.82) is 5.26 Å². The molecule has 0 aliphatic carbocycles. The zero-order valence-corrected chi connectivity index (χ0v) is 22.1. The van der Waals surface area contributed by atoms with E-state index in [9.17, 15) is 13.7 Å². The molecule has 5 rings (SSSR count). The van der Waals surface area contributed by atoms with Crippen LogP contribution in [0.2, 0.25) is 5.28 Å². The van der Waals surface area contributed by atoms with E-state index in [-0.39, 0.29) is 32.6 Å². The zero-order chi connectivity index (χ0) is 26.5. The van der Waals surface area contributed by atoms with Crippen LogP contribution in [0.4, 0.5) is 11.6 Å². The van der Waals surface area contributed by atoms with Crippen LogP contribution in [0.1, 0.15) is 27.8 Å². The molecule has 0 spiro atoms. The molecular weight excluding hydrogens is 510 g/mol. The monoisotopic (exact) mass is 531 g/mol. The Labute approximate surface area is 219 Å². The first kappa shape index (κ1) is 24.5. The maximum absolute atomic E-state index is 13.4. The van der Waals surface area contributed by atoms with E-state index < -0.39 is 10.0 Å². The fourth-order valence-electron chi connectivity index (χ4n) is 4.07. The van der Waals surface area contributed by atoms with Crippen LogP contribution in [0.3, 0.4) is 0 Å². The molecular formula is C26H22ClN7O2S. The van der Waals surface area contributed by atoms with Crippen molar-refractivity contribution in [2.24, 2.45) is 0 Å². The summed E-state index contributed by atoms with van der Waals surface area (Å²) in [4.78, 5) is 12.9. The lowest BCUT2D eigenvalue weighted by atomic mass is 10.0. The minimum Gasteiger partial charge on any atom is -0.323 e. The lowest BCUT2D eigenvalue weighted by Crippen LogP contribution is -2.13. The third-order valence-electron chi connectivity index (χ3n) is 6.32. The molecule has 0 saturated heterocycles. The van der Waals surface area contributed by atoms with E-state index >= 15 is 0 Å². The molecule has 5 aromatic rings. The average Bonchev–Trinajstić information content (AvgIpc) is 3.47. The number of hydrogen-bond acceptors (Lipinski definition) is 7. The molecule has 0 fully saturated rings. The van der Waals surface area contributed by atoms with E-state index in [1.165, 1.54) is 23.9 Å². The van der Waals surface area contributed by atoms with Gasteiger partial charge in [0.15, 0.2) is 5.65 Å². The minimum atomic E-state index is -4.05. The predicted octanol–water partition coefficient (Wildman–Crippen LogP) is 5.36. The molecule has 11 heteroatoms. The maximum Gasteiger partial charge on any atom is 0.269 e. The lowest BCUT2D eigenvalue weighted by Gasteiger charge is -2.10. The molecule has 186 valence electrons. The highest BCUT2D eigenvalue weighted by molar-refractivity contribution is 7.90. The van der Waals surface area contributed by atoms with Gasteiger partial charge in [-0.3, -0.25) is 0 Å². The fraction of sp³-hybridized carbons (Fsp3) is 0.154. The summed E-state index contributed by atoms with van der Waals surface area (Å²) in [7, 11) is -4.05. The van der Waals surface area contributed by atoms with Gasteiger partial charge in [0.1, 0.15) is 24.0 Å². The van der Waals surface area contributed by atoms with E-state index in [1.54, 1.807) is 24.7 Å². The van der Waals surface area contributed by atoms with Gasteiger partial charge >= 0.3 is 0 Å². The largest absolute Gasteiger partial charge is 0.323 e. The van der Waals surface area contributed by atoms with Gasteiger partial charge in [0.05, 0.1) is 22.0 Å². The van der Waals surface area contributed by atoms with Crippen LogP contribution in [0.5, 0.6) is 0 Å². The Hall–Kier alpha value is -4.20. The predicted molar refractivity (Wildman–Crippen MR) is 142 cm³/mol. The second kappa shape index (κ2) is 9.03. The number of nitrogens with one attached hydrogen (secondary N) is 1. The molecule has 3 heterocycles. The molecule has 37 heavy (non-hydrogen) atoms. The standard InChI is InChI=1S/C26H22ClN7O2S/c1-15-5-7-21(8-6-15)37(35,36)34-12-19(11-28)23-24(31-26(27)32-25(23)34)30-22-13-33(14-29-22)20-9-16(2)18(4)17(3)10-20/h5-10,12-14H,1-4H3,(H,30,31,32). The van der Waals surface area contributed by atoms with Crippen molar-refractivity contribution >= 4 is 44.3 Å². The van der Waals surface area contributed by atoms with Crippen LogP contribution in [0, 0.1) is 39.0 Å². The molecule has 0 aliphatic rings. The van der Waals surface area contributed by atoms with Gasteiger partial charge in [0, 0.05) is 11.9 Å². The van der Waals surface area contributed by atoms with Crippen LogP contribution < -0.4 is 5.32 Å². The van der Waals surface area contributed by atoms with Gasteiger partial charge in [0.2, 0.25) is 5.28 Å². The van der Waals surface area contributed by atoms with Crippen LogP contribution in [-0.4, -0.2) is 31.9 Å². The molecule has 0 atom stereocenters. The van der Waals surface area contributed by atoms with Gasteiger partial charge in [-0.05, 0) is 80.3 Å². The van der Waals surface area contributed by atoms with Gasteiger partial charge in [-0.1, -0.05) is 17.7 Å². The number of anilines is 2. The Balaban J connectivity index is 1.60. The number of aromatic nitrogens is 5. The Bertz CT molecular complexity index is 1810. The van der Waals surface area contributed by atoms with E-state index in [0.717, 1.165) is 26.4 Å². The molecule has 3 aromatic heterocycles. The third-order valence-corrected chi connectivity index (χ3v) is 8.16. The van der Waals surface area contributed by atoms with Gasteiger partial charge in [-0.25, -0.2) is 17.4 Å². The van der Waals surface area contributed by atoms with E-state index in [4.69, 9.17) is 11.6 Å². The van der Waals surface area contributed by atoms with Crippen molar-refractivity contribution < 1.29 is 8.42 Å². The normalized spacial score (nSPS) is 11.6.